The smallest absolute Gasteiger partial charge is 0.350 e. The van der Waals surface area contributed by atoms with E-state index in [2.05, 4.69) is 15.7 Å². The summed E-state index contributed by atoms with van der Waals surface area (Å²) in [6, 6.07) is 14.2. The third-order valence-electron chi connectivity index (χ3n) is 5.18. The first-order chi connectivity index (χ1) is 15.3. The molecule has 1 fully saturated rings. The molecule has 1 aliphatic carbocycles. The number of benzene rings is 2. The maximum atomic E-state index is 13.1. The summed E-state index contributed by atoms with van der Waals surface area (Å²) in [5.41, 5.74) is 1.22. The standard InChI is InChI=1S/C23H21F3N4O2/c24-23(25,26)17-7-4-8-18(11-17)30-21(16-9-10-16)19(13-29-30)22(32)28-14-20(31)27-12-15-5-2-1-3-6-15/h1-8,11,13,16H,9-10,12,14H2,(H,27,31)(H,28,32). The minimum atomic E-state index is -4.48. The summed E-state index contributed by atoms with van der Waals surface area (Å²) in [7, 11) is 0. The zero-order valence-corrected chi connectivity index (χ0v) is 17.0. The molecule has 3 aromatic rings. The lowest BCUT2D eigenvalue weighted by Gasteiger charge is -2.12. The first-order valence-corrected chi connectivity index (χ1v) is 10.2. The highest BCUT2D eigenvalue weighted by atomic mass is 19.4. The zero-order chi connectivity index (χ0) is 22.7. The van der Waals surface area contributed by atoms with Gasteiger partial charge in [-0.25, -0.2) is 4.68 Å². The summed E-state index contributed by atoms with van der Waals surface area (Å²) < 4.78 is 40.7. The van der Waals surface area contributed by atoms with Crippen LogP contribution in [0.1, 0.15) is 45.9 Å². The van der Waals surface area contributed by atoms with E-state index in [1.165, 1.54) is 23.0 Å². The first kappa shape index (κ1) is 21.6. The number of halogens is 3. The molecule has 0 atom stereocenters. The third kappa shape index (κ3) is 4.99. The van der Waals surface area contributed by atoms with Gasteiger partial charge in [0.05, 0.1) is 35.2 Å². The average Bonchev–Trinajstić information content (AvgIpc) is 3.53. The van der Waals surface area contributed by atoms with E-state index in [1.54, 1.807) is 0 Å². The van der Waals surface area contributed by atoms with Crippen LogP contribution in [0.2, 0.25) is 0 Å². The summed E-state index contributed by atoms with van der Waals surface area (Å²) >= 11 is 0. The quantitative estimate of drug-likeness (QED) is 0.584. The summed E-state index contributed by atoms with van der Waals surface area (Å²) in [5, 5.41) is 9.48. The van der Waals surface area contributed by atoms with Gasteiger partial charge in [0.1, 0.15) is 0 Å². The molecule has 2 N–H and O–H groups in total. The van der Waals surface area contributed by atoms with Crippen LogP contribution in [0.3, 0.4) is 0 Å². The van der Waals surface area contributed by atoms with Gasteiger partial charge in [0, 0.05) is 12.5 Å². The minimum Gasteiger partial charge on any atom is -0.350 e. The Morgan fingerprint density at radius 3 is 2.47 bits per heavy atom. The molecular formula is C23H21F3N4O2. The van der Waals surface area contributed by atoms with Gasteiger partial charge in [-0.15, -0.1) is 0 Å². The van der Waals surface area contributed by atoms with E-state index in [0.717, 1.165) is 30.5 Å². The number of amides is 2. The maximum absolute atomic E-state index is 13.1. The van der Waals surface area contributed by atoms with Crippen molar-refractivity contribution in [1.82, 2.24) is 20.4 Å². The molecule has 0 spiro atoms. The predicted molar refractivity (Wildman–Crippen MR) is 111 cm³/mol. The Morgan fingerprint density at radius 2 is 1.78 bits per heavy atom. The van der Waals surface area contributed by atoms with Gasteiger partial charge in [-0.05, 0) is 36.6 Å². The number of aromatic nitrogens is 2. The first-order valence-electron chi connectivity index (χ1n) is 10.2. The van der Waals surface area contributed by atoms with Crippen molar-refractivity contribution < 1.29 is 22.8 Å². The Kier molecular flexibility index (Phi) is 5.98. The van der Waals surface area contributed by atoms with Crippen molar-refractivity contribution in [2.45, 2.75) is 31.5 Å². The van der Waals surface area contributed by atoms with E-state index in [4.69, 9.17) is 0 Å². The van der Waals surface area contributed by atoms with Gasteiger partial charge in [0.2, 0.25) is 5.91 Å². The summed E-state index contributed by atoms with van der Waals surface area (Å²) in [6.07, 6.45) is -1.49. The molecule has 0 radical (unpaired) electrons. The molecule has 2 amide bonds. The highest BCUT2D eigenvalue weighted by molar-refractivity contribution is 5.97. The maximum Gasteiger partial charge on any atom is 0.416 e. The fourth-order valence-corrected chi connectivity index (χ4v) is 3.42. The van der Waals surface area contributed by atoms with Crippen LogP contribution >= 0.6 is 0 Å². The van der Waals surface area contributed by atoms with Crippen molar-refractivity contribution in [1.29, 1.82) is 0 Å². The van der Waals surface area contributed by atoms with Crippen molar-refractivity contribution in [3.8, 4) is 5.69 Å². The van der Waals surface area contributed by atoms with Gasteiger partial charge < -0.3 is 10.6 Å². The fourth-order valence-electron chi connectivity index (χ4n) is 3.42. The third-order valence-corrected chi connectivity index (χ3v) is 5.18. The van der Waals surface area contributed by atoms with E-state index in [1.807, 2.05) is 30.3 Å². The van der Waals surface area contributed by atoms with Crippen LogP contribution in [0.5, 0.6) is 0 Å². The highest BCUT2D eigenvalue weighted by Crippen LogP contribution is 2.42. The molecule has 32 heavy (non-hydrogen) atoms. The largest absolute Gasteiger partial charge is 0.416 e. The van der Waals surface area contributed by atoms with E-state index in [0.29, 0.717) is 12.2 Å². The molecular weight excluding hydrogens is 421 g/mol. The topological polar surface area (TPSA) is 76.0 Å². The second-order valence-corrected chi connectivity index (χ2v) is 7.62. The molecule has 1 saturated carbocycles. The van der Waals surface area contributed by atoms with Gasteiger partial charge in [-0.1, -0.05) is 36.4 Å². The molecule has 0 saturated heterocycles. The molecule has 2 aromatic carbocycles. The van der Waals surface area contributed by atoms with Gasteiger partial charge in [-0.3, -0.25) is 9.59 Å². The number of hydrogen-bond donors (Lipinski definition) is 2. The number of alkyl halides is 3. The summed E-state index contributed by atoms with van der Waals surface area (Å²) in [6.45, 7) is 0.126. The van der Waals surface area contributed by atoms with Gasteiger partial charge in [0.15, 0.2) is 0 Å². The molecule has 0 unspecified atom stereocenters. The predicted octanol–water partition coefficient (Wildman–Crippen LogP) is 3.81. The second kappa shape index (κ2) is 8.86. The minimum absolute atomic E-state index is 0.0414. The average molecular weight is 442 g/mol. The van der Waals surface area contributed by atoms with Gasteiger partial charge in [0.25, 0.3) is 5.91 Å². The molecule has 4 rings (SSSR count). The molecule has 0 aliphatic heterocycles. The number of rotatable bonds is 7. The van der Waals surface area contributed by atoms with Crippen molar-refractivity contribution >= 4 is 11.8 Å². The van der Waals surface area contributed by atoms with Crippen LogP contribution in [0.4, 0.5) is 13.2 Å². The van der Waals surface area contributed by atoms with E-state index in [-0.39, 0.29) is 29.6 Å². The van der Waals surface area contributed by atoms with E-state index in [9.17, 15) is 22.8 Å². The van der Waals surface area contributed by atoms with Crippen LogP contribution in [-0.4, -0.2) is 28.1 Å². The van der Waals surface area contributed by atoms with Crippen molar-refractivity contribution in [3.05, 3.63) is 83.2 Å². The second-order valence-electron chi connectivity index (χ2n) is 7.62. The Hall–Kier alpha value is -3.62. The molecule has 1 aliphatic rings. The number of nitrogens with one attached hydrogen (secondary N) is 2. The fraction of sp³-hybridized carbons (Fsp3) is 0.261. The van der Waals surface area contributed by atoms with Crippen molar-refractivity contribution in [2.24, 2.45) is 0 Å². The lowest BCUT2D eigenvalue weighted by atomic mass is 10.1. The molecule has 166 valence electrons. The SMILES string of the molecule is O=C(CNC(=O)c1cnn(-c2cccc(C(F)(F)F)c2)c1C1CC1)NCc1ccccc1. The Balaban J connectivity index is 1.46. The molecule has 6 nitrogen and oxygen atoms in total. The molecule has 9 heteroatoms. The normalized spacial score (nSPS) is 13.6. The van der Waals surface area contributed by atoms with Crippen LogP contribution in [0, 0.1) is 0 Å². The van der Waals surface area contributed by atoms with Crippen LogP contribution in [0.25, 0.3) is 5.69 Å². The number of carbonyl (C=O) groups excluding carboxylic acids is 2. The van der Waals surface area contributed by atoms with Crippen LogP contribution < -0.4 is 10.6 Å². The molecule has 0 bridgehead atoms. The zero-order valence-electron chi connectivity index (χ0n) is 17.0. The monoisotopic (exact) mass is 442 g/mol. The summed E-state index contributed by atoms with van der Waals surface area (Å²) in [5.74, 6) is -0.792. The lowest BCUT2D eigenvalue weighted by molar-refractivity contribution is -0.137. The number of hydrogen-bond acceptors (Lipinski definition) is 3. The summed E-state index contributed by atoms with van der Waals surface area (Å²) in [4.78, 5) is 24.8. The van der Waals surface area contributed by atoms with E-state index >= 15 is 0 Å². The van der Waals surface area contributed by atoms with Gasteiger partial charge >= 0.3 is 6.18 Å². The van der Waals surface area contributed by atoms with Crippen molar-refractivity contribution in [3.63, 3.8) is 0 Å². The lowest BCUT2D eigenvalue weighted by Crippen LogP contribution is -2.36. The van der Waals surface area contributed by atoms with Crippen molar-refractivity contribution in [2.75, 3.05) is 6.54 Å². The van der Waals surface area contributed by atoms with Crippen LogP contribution in [-0.2, 0) is 17.5 Å². The van der Waals surface area contributed by atoms with Gasteiger partial charge in [-0.2, -0.15) is 18.3 Å². The Bertz CT molecular complexity index is 1120. The number of nitrogens with zero attached hydrogens (tertiary/aromatic N) is 2. The van der Waals surface area contributed by atoms with Crippen LogP contribution in [0.15, 0.2) is 60.8 Å². The Morgan fingerprint density at radius 1 is 1.03 bits per heavy atom. The van der Waals surface area contributed by atoms with E-state index < -0.39 is 17.6 Å². The Labute approximate surface area is 182 Å². The highest BCUT2D eigenvalue weighted by Gasteiger charge is 2.34. The number of carbonyl (C=O) groups is 2. The molecule has 1 heterocycles. The molecule has 1 aromatic heterocycles.